The van der Waals surface area contributed by atoms with E-state index < -0.39 is 0 Å². The van der Waals surface area contributed by atoms with Gasteiger partial charge in [0.2, 0.25) is 5.91 Å². The number of rotatable bonds is 9. The number of primary amides is 1. The van der Waals surface area contributed by atoms with Crippen molar-refractivity contribution in [3.05, 3.63) is 0 Å². The van der Waals surface area contributed by atoms with Gasteiger partial charge < -0.3 is 10.5 Å². The number of unbranched alkanes of at least 4 members (excludes halogenated alkanes) is 1. The number of esters is 1. The Balaban J connectivity index is 4.03. The van der Waals surface area contributed by atoms with Gasteiger partial charge in [0, 0.05) is 12.8 Å². The smallest absolute Gasteiger partial charge is 0.306 e. The molecule has 1 unspecified atom stereocenters. The highest BCUT2D eigenvalue weighted by Crippen LogP contribution is 2.19. The Morgan fingerprint density at radius 3 is 2.35 bits per heavy atom. The summed E-state index contributed by atoms with van der Waals surface area (Å²) in [7, 11) is 0. The van der Waals surface area contributed by atoms with Crippen LogP contribution in [0.15, 0.2) is 0 Å². The van der Waals surface area contributed by atoms with E-state index in [-0.39, 0.29) is 24.2 Å². The van der Waals surface area contributed by atoms with Crippen molar-refractivity contribution in [3.63, 3.8) is 0 Å². The second-order valence-corrected chi connectivity index (χ2v) is 4.94. The summed E-state index contributed by atoms with van der Waals surface area (Å²) in [6.45, 7) is 6.65. The Hall–Kier alpha value is -1.06. The van der Waals surface area contributed by atoms with E-state index >= 15 is 0 Å². The van der Waals surface area contributed by atoms with Gasteiger partial charge in [-0.15, -0.1) is 0 Å². The lowest BCUT2D eigenvalue weighted by atomic mass is 9.91. The quantitative estimate of drug-likeness (QED) is 0.499. The summed E-state index contributed by atoms with van der Waals surface area (Å²) in [6, 6.07) is 0. The number of nitrogens with two attached hydrogens (primary N) is 1. The summed E-state index contributed by atoms with van der Waals surface area (Å²) in [4.78, 5) is 22.4. The molecule has 0 aliphatic rings. The van der Waals surface area contributed by atoms with Crippen molar-refractivity contribution in [3.8, 4) is 0 Å². The minimum absolute atomic E-state index is 0.0154. The molecule has 4 heteroatoms. The molecule has 0 bridgehead atoms. The average Bonchev–Trinajstić information content (AvgIpc) is 2.15. The highest BCUT2D eigenvalue weighted by Gasteiger charge is 2.18. The van der Waals surface area contributed by atoms with Crippen molar-refractivity contribution in [1.29, 1.82) is 0 Å². The van der Waals surface area contributed by atoms with Crippen LogP contribution in [0.25, 0.3) is 0 Å². The van der Waals surface area contributed by atoms with Crippen LogP contribution in [0.4, 0.5) is 0 Å². The molecule has 2 N–H and O–H groups in total. The predicted molar refractivity (Wildman–Crippen MR) is 67.2 cm³/mol. The molecule has 0 fully saturated rings. The molecule has 0 aromatic rings. The van der Waals surface area contributed by atoms with Crippen molar-refractivity contribution in [2.24, 2.45) is 17.6 Å². The third-order valence-corrected chi connectivity index (χ3v) is 2.51. The predicted octanol–water partition coefficient (Wildman–Crippen LogP) is 2.26. The summed E-state index contributed by atoms with van der Waals surface area (Å²) in [5, 5.41) is 0. The molecule has 0 radical (unpaired) electrons. The molecule has 100 valence electrons. The molecule has 0 spiro atoms. The number of amides is 1. The van der Waals surface area contributed by atoms with Crippen LogP contribution < -0.4 is 5.73 Å². The van der Waals surface area contributed by atoms with Crippen LogP contribution >= 0.6 is 0 Å². The second kappa shape index (κ2) is 9.02. The molecule has 1 atom stereocenters. The van der Waals surface area contributed by atoms with E-state index in [4.69, 9.17) is 10.5 Å². The van der Waals surface area contributed by atoms with Crippen LogP contribution in [-0.2, 0) is 14.3 Å². The fourth-order valence-corrected chi connectivity index (χ4v) is 1.81. The van der Waals surface area contributed by atoms with E-state index in [1.54, 1.807) is 0 Å². The molecule has 0 rings (SSSR count). The fourth-order valence-electron chi connectivity index (χ4n) is 1.81. The molecule has 1 amide bonds. The van der Waals surface area contributed by atoms with Gasteiger partial charge in [-0.25, -0.2) is 0 Å². The van der Waals surface area contributed by atoms with Gasteiger partial charge in [0.1, 0.15) is 0 Å². The number of carbonyl (C=O) groups is 2. The first-order chi connectivity index (χ1) is 7.95. The first kappa shape index (κ1) is 15.9. The van der Waals surface area contributed by atoms with E-state index in [1.807, 2.05) is 6.92 Å². The first-order valence-electron chi connectivity index (χ1n) is 6.39. The maximum absolute atomic E-state index is 11.5. The standard InChI is InChI=1S/C13H25NO3/c1-4-5-6-17-13(16)9-11(7-10(2)3)8-12(14)15/h10-11H,4-9H2,1-3H3,(H2,14,15). The van der Waals surface area contributed by atoms with Gasteiger partial charge in [-0.1, -0.05) is 27.2 Å². The normalized spacial score (nSPS) is 12.5. The van der Waals surface area contributed by atoms with Crippen LogP contribution in [0.2, 0.25) is 0 Å². The molecular formula is C13H25NO3. The number of carbonyl (C=O) groups excluding carboxylic acids is 2. The van der Waals surface area contributed by atoms with E-state index in [0.29, 0.717) is 18.9 Å². The Kier molecular flexibility index (Phi) is 8.46. The SMILES string of the molecule is CCCCOC(=O)CC(CC(N)=O)CC(C)C. The van der Waals surface area contributed by atoms with Gasteiger partial charge >= 0.3 is 5.97 Å². The summed E-state index contributed by atoms with van der Waals surface area (Å²) in [5.74, 6) is -0.105. The van der Waals surface area contributed by atoms with E-state index in [2.05, 4.69) is 13.8 Å². The molecule has 0 aromatic heterocycles. The molecule has 0 aliphatic heterocycles. The summed E-state index contributed by atoms with van der Waals surface area (Å²) in [6.07, 6.45) is 3.28. The molecule has 0 aliphatic carbocycles. The zero-order valence-electron chi connectivity index (χ0n) is 11.2. The second-order valence-electron chi connectivity index (χ2n) is 4.94. The van der Waals surface area contributed by atoms with Gasteiger partial charge in [-0.3, -0.25) is 9.59 Å². The Labute approximate surface area is 104 Å². The van der Waals surface area contributed by atoms with Gasteiger partial charge in [-0.05, 0) is 24.7 Å². The van der Waals surface area contributed by atoms with Gasteiger partial charge in [0.05, 0.1) is 6.61 Å². The topological polar surface area (TPSA) is 69.4 Å². The number of hydrogen-bond donors (Lipinski definition) is 1. The summed E-state index contributed by atoms with van der Waals surface area (Å²) >= 11 is 0. The first-order valence-corrected chi connectivity index (χ1v) is 6.39. The van der Waals surface area contributed by atoms with Crippen molar-refractivity contribution in [2.75, 3.05) is 6.61 Å². The summed E-state index contributed by atoms with van der Waals surface area (Å²) in [5.41, 5.74) is 5.18. The summed E-state index contributed by atoms with van der Waals surface area (Å²) < 4.78 is 5.09. The van der Waals surface area contributed by atoms with Crippen LogP contribution in [0.1, 0.15) is 52.9 Å². The average molecular weight is 243 g/mol. The van der Waals surface area contributed by atoms with Crippen molar-refractivity contribution in [1.82, 2.24) is 0 Å². The van der Waals surface area contributed by atoms with Crippen molar-refractivity contribution >= 4 is 11.9 Å². The van der Waals surface area contributed by atoms with Crippen LogP contribution in [0.5, 0.6) is 0 Å². The number of hydrogen-bond acceptors (Lipinski definition) is 3. The lowest BCUT2D eigenvalue weighted by Crippen LogP contribution is -2.21. The Morgan fingerprint density at radius 1 is 1.24 bits per heavy atom. The highest BCUT2D eigenvalue weighted by molar-refractivity contribution is 5.75. The van der Waals surface area contributed by atoms with E-state index in [9.17, 15) is 9.59 Å². The Morgan fingerprint density at radius 2 is 1.88 bits per heavy atom. The molecule has 0 saturated carbocycles. The van der Waals surface area contributed by atoms with Crippen molar-refractivity contribution in [2.45, 2.75) is 52.9 Å². The zero-order chi connectivity index (χ0) is 13.3. The lowest BCUT2D eigenvalue weighted by molar-refractivity contribution is -0.145. The molecule has 0 saturated heterocycles. The largest absolute Gasteiger partial charge is 0.466 e. The lowest BCUT2D eigenvalue weighted by Gasteiger charge is -2.16. The highest BCUT2D eigenvalue weighted by atomic mass is 16.5. The van der Waals surface area contributed by atoms with Crippen LogP contribution in [0, 0.1) is 11.8 Å². The molecule has 17 heavy (non-hydrogen) atoms. The van der Waals surface area contributed by atoms with Gasteiger partial charge in [-0.2, -0.15) is 0 Å². The number of ether oxygens (including phenoxy) is 1. The van der Waals surface area contributed by atoms with Crippen LogP contribution in [0.3, 0.4) is 0 Å². The molecule has 0 heterocycles. The maximum atomic E-state index is 11.5. The minimum Gasteiger partial charge on any atom is -0.466 e. The van der Waals surface area contributed by atoms with Gasteiger partial charge in [0.15, 0.2) is 0 Å². The van der Waals surface area contributed by atoms with Gasteiger partial charge in [0.25, 0.3) is 0 Å². The third kappa shape index (κ3) is 9.85. The third-order valence-electron chi connectivity index (χ3n) is 2.51. The van der Waals surface area contributed by atoms with Crippen LogP contribution in [-0.4, -0.2) is 18.5 Å². The van der Waals surface area contributed by atoms with E-state index in [1.165, 1.54) is 0 Å². The van der Waals surface area contributed by atoms with Crippen molar-refractivity contribution < 1.29 is 14.3 Å². The zero-order valence-corrected chi connectivity index (χ0v) is 11.2. The molecule has 4 nitrogen and oxygen atoms in total. The molecule has 0 aromatic carbocycles. The molecular weight excluding hydrogens is 218 g/mol. The Bertz CT molecular complexity index is 239. The maximum Gasteiger partial charge on any atom is 0.306 e. The minimum atomic E-state index is -0.350. The van der Waals surface area contributed by atoms with E-state index in [0.717, 1.165) is 19.3 Å². The fraction of sp³-hybridized carbons (Fsp3) is 0.846. The monoisotopic (exact) mass is 243 g/mol.